The number of hydrogen-bond donors (Lipinski definition) is 3. The van der Waals surface area contributed by atoms with Crippen LogP contribution in [0.25, 0.3) is 5.65 Å². The van der Waals surface area contributed by atoms with Crippen LogP contribution in [0, 0.1) is 6.92 Å². The van der Waals surface area contributed by atoms with E-state index in [-0.39, 0.29) is 6.42 Å². The molecule has 0 spiro atoms. The Morgan fingerprint density at radius 3 is 2.77 bits per heavy atom. The summed E-state index contributed by atoms with van der Waals surface area (Å²) < 4.78 is 1.91. The zero-order chi connectivity index (χ0) is 16.3. The van der Waals surface area contributed by atoms with Crippen LogP contribution in [0.4, 0.5) is 0 Å². The van der Waals surface area contributed by atoms with E-state index >= 15 is 0 Å². The fraction of sp³-hybridized carbons (Fsp3) is 0.400. The predicted octanol–water partition coefficient (Wildman–Crippen LogP) is 0.526. The highest BCUT2D eigenvalue weighted by molar-refractivity contribution is 5.84. The number of carbonyl (C=O) groups is 2. The smallest absolute Gasteiger partial charge is 0.328 e. The number of carbonyl (C=O) groups excluding carboxylic acids is 1. The summed E-state index contributed by atoms with van der Waals surface area (Å²) in [6.07, 6.45) is 1.28. The average molecular weight is 305 g/mol. The zero-order valence-corrected chi connectivity index (χ0v) is 12.5. The standard InChI is InChI=1S/C15H19N3O4/c1-9-11(18-8-4-3-5-12(18)16-9)6-7-13(20)17-14(10(2)19)15(21)22/h3-5,8,10,14,19H,6-7H2,1-2H3,(H,17,20)(H,21,22). The van der Waals surface area contributed by atoms with E-state index in [0.717, 1.165) is 17.0 Å². The Bertz CT molecular complexity index is 693. The van der Waals surface area contributed by atoms with Gasteiger partial charge in [-0.1, -0.05) is 6.07 Å². The van der Waals surface area contributed by atoms with Crippen LogP contribution in [-0.4, -0.2) is 43.6 Å². The molecule has 2 aromatic rings. The topological polar surface area (TPSA) is 104 Å². The lowest BCUT2D eigenvalue weighted by Gasteiger charge is -2.16. The first-order valence-electron chi connectivity index (χ1n) is 7.03. The van der Waals surface area contributed by atoms with E-state index in [0.29, 0.717) is 6.42 Å². The molecule has 0 aliphatic rings. The minimum absolute atomic E-state index is 0.125. The summed E-state index contributed by atoms with van der Waals surface area (Å²) in [5.74, 6) is -1.67. The van der Waals surface area contributed by atoms with Gasteiger partial charge < -0.3 is 19.9 Å². The monoisotopic (exact) mass is 305 g/mol. The summed E-state index contributed by atoms with van der Waals surface area (Å²) in [4.78, 5) is 27.2. The van der Waals surface area contributed by atoms with Gasteiger partial charge in [0.25, 0.3) is 0 Å². The number of aryl methyl sites for hydroxylation is 2. The maximum atomic E-state index is 11.9. The lowest BCUT2D eigenvalue weighted by molar-refractivity contribution is -0.144. The van der Waals surface area contributed by atoms with Crippen molar-refractivity contribution < 1.29 is 19.8 Å². The van der Waals surface area contributed by atoms with Gasteiger partial charge in [-0.3, -0.25) is 4.79 Å². The maximum Gasteiger partial charge on any atom is 0.328 e. The van der Waals surface area contributed by atoms with Gasteiger partial charge in [0.1, 0.15) is 5.65 Å². The van der Waals surface area contributed by atoms with Crippen molar-refractivity contribution in [1.29, 1.82) is 0 Å². The van der Waals surface area contributed by atoms with Crippen LogP contribution in [0.2, 0.25) is 0 Å². The van der Waals surface area contributed by atoms with E-state index in [4.69, 9.17) is 5.11 Å². The Kier molecular flexibility index (Phi) is 4.77. The molecule has 22 heavy (non-hydrogen) atoms. The molecule has 0 aliphatic carbocycles. The normalized spacial score (nSPS) is 13.8. The van der Waals surface area contributed by atoms with Crippen LogP contribution in [0.15, 0.2) is 24.4 Å². The van der Waals surface area contributed by atoms with Gasteiger partial charge in [0.2, 0.25) is 5.91 Å². The van der Waals surface area contributed by atoms with Gasteiger partial charge in [-0.15, -0.1) is 0 Å². The molecule has 2 heterocycles. The van der Waals surface area contributed by atoms with Crippen LogP contribution in [0.5, 0.6) is 0 Å². The number of amides is 1. The number of aliphatic carboxylic acids is 1. The third kappa shape index (κ3) is 3.43. The predicted molar refractivity (Wildman–Crippen MR) is 79.5 cm³/mol. The molecule has 0 radical (unpaired) electrons. The number of carboxylic acids is 1. The van der Waals surface area contributed by atoms with Gasteiger partial charge in [-0.2, -0.15) is 0 Å². The number of aliphatic hydroxyl groups is 1. The first kappa shape index (κ1) is 16.0. The fourth-order valence-electron chi connectivity index (χ4n) is 2.33. The molecule has 0 fully saturated rings. The van der Waals surface area contributed by atoms with Crippen molar-refractivity contribution in [3.63, 3.8) is 0 Å². The number of rotatable bonds is 6. The van der Waals surface area contributed by atoms with Crippen molar-refractivity contribution in [3.05, 3.63) is 35.8 Å². The molecule has 0 bridgehead atoms. The van der Waals surface area contributed by atoms with Crippen molar-refractivity contribution >= 4 is 17.5 Å². The van der Waals surface area contributed by atoms with Gasteiger partial charge >= 0.3 is 5.97 Å². The largest absolute Gasteiger partial charge is 0.480 e. The number of fused-ring (bicyclic) bond motifs is 1. The molecule has 1 amide bonds. The highest BCUT2D eigenvalue weighted by Gasteiger charge is 2.24. The zero-order valence-electron chi connectivity index (χ0n) is 12.5. The Labute approximate surface area is 127 Å². The number of carboxylic acid groups (broad SMARTS) is 1. The first-order chi connectivity index (χ1) is 10.4. The van der Waals surface area contributed by atoms with Crippen LogP contribution in [0.1, 0.15) is 24.7 Å². The highest BCUT2D eigenvalue weighted by atomic mass is 16.4. The van der Waals surface area contributed by atoms with Crippen molar-refractivity contribution in [2.75, 3.05) is 0 Å². The third-order valence-corrected chi connectivity index (χ3v) is 3.48. The molecule has 7 nitrogen and oxygen atoms in total. The summed E-state index contributed by atoms with van der Waals surface area (Å²) in [6, 6.07) is 4.35. The van der Waals surface area contributed by atoms with Gasteiger partial charge in [0.05, 0.1) is 11.8 Å². The lowest BCUT2D eigenvalue weighted by atomic mass is 10.1. The summed E-state index contributed by atoms with van der Waals surface area (Å²) in [7, 11) is 0. The third-order valence-electron chi connectivity index (χ3n) is 3.48. The molecule has 2 rings (SSSR count). The quantitative estimate of drug-likeness (QED) is 0.722. The number of nitrogens with one attached hydrogen (secondary N) is 1. The molecule has 0 saturated heterocycles. The minimum atomic E-state index is -1.30. The molecule has 118 valence electrons. The van der Waals surface area contributed by atoms with Crippen LogP contribution in [0.3, 0.4) is 0 Å². The van der Waals surface area contributed by atoms with Crippen molar-refractivity contribution in [3.8, 4) is 0 Å². The number of pyridine rings is 1. The number of hydrogen-bond acceptors (Lipinski definition) is 4. The summed E-state index contributed by atoms with van der Waals surface area (Å²) >= 11 is 0. The van der Waals surface area contributed by atoms with Crippen molar-refractivity contribution in [1.82, 2.24) is 14.7 Å². The van der Waals surface area contributed by atoms with Gasteiger partial charge in [0.15, 0.2) is 6.04 Å². The van der Waals surface area contributed by atoms with E-state index < -0.39 is 24.0 Å². The molecular weight excluding hydrogens is 286 g/mol. The van der Waals surface area contributed by atoms with E-state index in [1.807, 2.05) is 35.7 Å². The molecule has 2 aromatic heterocycles. The number of aliphatic hydroxyl groups excluding tert-OH is 1. The SMILES string of the molecule is Cc1nc2ccccn2c1CCC(=O)NC(C(=O)O)C(C)O. The molecule has 0 aliphatic heterocycles. The first-order valence-corrected chi connectivity index (χ1v) is 7.03. The Morgan fingerprint density at radius 2 is 2.14 bits per heavy atom. The molecular formula is C15H19N3O4. The Hall–Kier alpha value is -2.41. The van der Waals surface area contributed by atoms with Crippen LogP contribution < -0.4 is 5.32 Å². The fourth-order valence-corrected chi connectivity index (χ4v) is 2.33. The number of nitrogens with zero attached hydrogens (tertiary/aromatic N) is 2. The second-order valence-corrected chi connectivity index (χ2v) is 5.20. The van der Waals surface area contributed by atoms with E-state index in [2.05, 4.69) is 10.3 Å². The maximum absolute atomic E-state index is 11.9. The molecule has 7 heteroatoms. The number of imidazole rings is 1. The minimum Gasteiger partial charge on any atom is -0.480 e. The van der Waals surface area contributed by atoms with Crippen molar-refractivity contribution in [2.45, 2.75) is 38.8 Å². The number of aromatic nitrogens is 2. The Balaban J connectivity index is 2.04. The Morgan fingerprint density at radius 1 is 1.41 bits per heavy atom. The molecule has 2 unspecified atom stereocenters. The van der Waals surface area contributed by atoms with Gasteiger partial charge in [-0.05, 0) is 32.4 Å². The van der Waals surface area contributed by atoms with E-state index in [1.54, 1.807) is 0 Å². The van der Waals surface area contributed by atoms with Gasteiger partial charge in [-0.25, -0.2) is 9.78 Å². The average Bonchev–Trinajstić information content (AvgIpc) is 2.77. The second-order valence-electron chi connectivity index (χ2n) is 5.20. The summed E-state index contributed by atoms with van der Waals surface area (Å²) in [5, 5.41) is 20.6. The van der Waals surface area contributed by atoms with Crippen LogP contribution in [-0.2, 0) is 16.0 Å². The van der Waals surface area contributed by atoms with E-state index in [1.165, 1.54) is 6.92 Å². The van der Waals surface area contributed by atoms with Gasteiger partial charge in [0, 0.05) is 18.3 Å². The van der Waals surface area contributed by atoms with Crippen molar-refractivity contribution in [2.24, 2.45) is 0 Å². The molecule has 0 aromatic carbocycles. The second kappa shape index (κ2) is 6.57. The van der Waals surface area contributed by atoms with E-state index in [9.17, 15) is 14.7 Å². The molecule has 0 saturated carbocycles. The molecule has 2 atom stereocenters. The highest BCUT2D eigenvalue weighted by Crippen LogP contribution is 2.13. The summed E-state index contributed by atoms with van der Waals surface area (Å²) in [5.41, 5.74) is 2.56. The molecule has 3 N–H and O–H groups in total. The van der Waals surface area contributed by atoms with Crippen LogP contribution >= 0.6 is 0 Å². The lowest BCUT2D eigenvalue weighted by Crippen LogP contribution is -2.47. The summed E-state index contributed by atoms with van der Waals surface area (Å²) in [6.45, 7) is 3.20.